The molecule has 0 aliphatic carbocycles. The fourth-order valence-corrected chi connectivity index (χ4v) is 8.58. The maximum atomic E-state index is 9.75. The summed E-state index contributed by atoms with van der Waals surface area (Å²) in [4.78, 5) is 5.19. The third-order valence-electron chi connectivity index (χ3n) is 5.78. The molecular formula is C31H27B2F8NP2Pd. The predicted molar refractivity (Wildman–Crippen MR) is 170 cm³/mol. The third kappa shape index (κ3) is 15.8. The first-order valence-corrected chi connectivity index (χ1v) is 16.4. The van der Waals surface area contributed by atoms with Gasteiger partial charge in [0.25, 0.3) is 0 Å². The van der Waals surface area contributed by atoms with Crippen LogP contribution in [0.2, 0.25) is 0 Å². The molecule has 0 fully saturated rings. The molecule has 1 aromatic heterocycles. The Bertz CT molecular complexity index is 1320. The number of benzene rings is 4. The molecule has 14 heteroatoms. The first-order chi connectivity index (χ1) is 20.9. The summed E-state index contributed by atoms with van der Waals surface area (Å²) >= 11 is 0. The normalized spacial score (nSPS) is 11.1. The molecule has 45 heavy (non-hydrogen) atoms. The maximum Gasteiger partial charge on any atom is 2.00 e. The molecule has 5 rings (SSSR count). The van der Waals surface area contributed by atoms with Gasteiger partial charge in [0.05, 0.1) is 0 Å². The number of hydrogen-bond donors (Lipinski definition) is 0. The van der Waals surface area contributed by atoms with Gasteiger partial charge in [-0.05, 0) is 49.2 Å². The van der Waals surface area contributed by atoms with Crippen molar-refractivity contribution in [2.45, 2.75) is 12.3 Å². The van der Waals surface area contributed by atoms with E-state index in [1.807, 2.05) is 0 Å². The molecule has 0 radical (unpaired) electrons. The van der Waals surface area contributed by atoms with Crippen molar-refractivity contribution < 1.29 is 54.9 Å². The Kier molecular flexibility index (Phi) is 16.1. The standard InChI is InChI=1S/C31H27NP2.2BF4.Pd/c1-5-16-28(17-6-1)33(29-18-7-2-8-19-29)24-26-14-13-15-27(32-26)25-34(30-20-9-3-10-21-30)31-22-11-4-12-23-31;2*2-1(3,4)5;/h1-23H,24-25H2;;;/q;2*-1;+2. The molecule has 1 nitrogen and oxygen atoms in total. The van der Waals surface area contributed by atoms with Crippen molar-refractivity contribution in [1.29, 1.82) is 0 Å². The minimum absolute atomic E-state index is 0. The van der Waals surface area contributed by atoms with Crippen molar-refractivity contribution in [2.24, 2.45) is 0 Å². The Labute approximate surface area is 273 Å². The zero-order valence-corrected chi connectivity index (χ0v) is 26.9. The van der Waals surface area contributed by atoms with Gasteiger partial charge in [-0.25, -0.2) is 0 Å². The van der Waals surface area contributed by atoms with Gasteiger partial charge >= 0.3 is 34.9 Å². The summed E-state index contributed by atoms with van der Waals surface area (Å²) in [6, 6.07) is 50.1. The molecule has 0 unspecified atom stereocenters. The average Bonchev–Trinajstić information content (AvgIpc) is 2.99. The SMILES string of the molecule is F[B-](F)(F)F.F[B-](F)(F)F.[Pd+2].c1ccc(P(Cc2cccc(CP(c3ccccc3)c3ccccc3)n2)c2ccccc2)cc1. The molecule has 0 spiro atoms. The molecule has 0 saturated carbocycles. The van der Waals surface area contributed by atoms with E-state index in [4.69, 9.17) is 4.98 Å². The molecule has 0 aliphatic rings. The maximum absolute atomic E-state index is 9.75. The summed E-state index contributed by atoms with van der Waals surface area (Å²) in [6.07, 6.45) is 1.90. The van der Waals surface area contributed by atoms with Gasteiger partial charge in [-0.15, -0.1) is 0 Å². The second kappa shape index (κ2) is 18.9. The Morgan fingerprint density at radius 2 is 0.600 bits per heavy atom. The fourth-order valence-electron chi connectivity index (χ4n) is 4.12. The summed E-state index contributed by atoms with van der Waals surface area (Å²) in [7, 11) is -13.0. The molecule has 0 aliphatic heterocycles. The van der Waals surface area contributed by atoms with Crippen LogP contribution >= 0.6 is 15.8 Å². The molecule has 5 aromatic rings. The number of pyridine rings is 1. The Morgan fingerprint density at radius 1 is 0.378 bits per heavy atom. The van der Waals surface area contributed by atoms with Gasteiger partial charge in [-0.2, -0.15) is 0 Å². The molecule has 0 bridgehead atoms. The van der Waals surface area contributed by atoms with E-state index in [9.17, 15) is 34.5 Å². The van der Waals surface area contributed by atoms with Gasteiger partial charge in [0.2, 0.25) is 0 Å². The Hall–Kier alpha value is -2.88. The Morgan fingerprint density at radius 3 is 0.822 bits per heavy atom. The van der Waals surface area contributed by atoms with Crippen molar-refractivity contribution in [2.75, 3.05) is 0 Å². The first-order valence-electron chi connectivity index (χ1n) is 13.3. The molecule has 238 valence electrons. The van der Waals surface area contributed by atoms with Gasteiger partial charge in [0.15, 0.2) is 0 Å². The van der Waals surface area contributed by atoms with Gasteiger partial charge in [-0.1, -0.05) is 127 Å². The first kappa shape index (κ1) is 38.3. The van der Waals surface area contributed by atoms with E-state index in [1.54, 1.807) is 0 Å². The van der Waals surface area contributed by atoms with Gasteiger partial charge in [0, 0.05) is 23.7 Å². The van der Waals surface area contributed by atoms with Crippen LogP contribution in [0.5, 0.6) is 0 Å². The molecule has 0 atom stereocenters. The van der Waals surface area contributed by atoms with Crippen LogP contribution in [0.4, 0.5) is 34.5 Å². The van der Waals surface area contributed by atoms with Gasteiger partial charge in [-0.3, -0.25) is 4.98 Å². The van der Waals surface area contributed by atoms with Crippen LogP contribution in [0.1, 0.15) is 11.4 Å². The monoisotopic (exact) mass is 755 g/mol. The summed E-state index contributed by atoms with van der Waals surface area (Å²) in [5, 5.41) is 5.58. The summed E-state index contributed by atoms with van der Waals surface area (Å²) < 4.78 is 78.0. The van der Waals surface area contributed by atoms with Crippen molar-refractivity contribution in [3.63, 3.8) is 0 Å². The van der Waals surface area contributed by atoms with Crippen LogP contribution in [-0.2, 0) is 32.7 Å². The van der Waals surface area contributed by atoms with E-state index in [0.29, 0.717) is 0 Å². The summed E-state index contributed by atoms with van der Waals surface area (Å²) in [6.45, 7) is 0. The summed E-state index contributed by atoms with van der Waals surface area (Å²) in [5.41, 5.74) is 2.35. The van der Waals surface area contributed by atoms with E-state index in [-0.39, 0.29) is 20.4 Å². The molecule has 1 heterocycles. The molecule has 0 N–H and O–H groups in total. The van der Waals surface area contributed by atoms with Crippen LogP contribution in [0.25, 0.3) is 0 Å². The molecule has 0 amide bonds. The zero-order valence-electron chi connectivity index (χ0n) is 23.5. The molecular weight excluding hydrogens is 728 g/mol. The minimum Gasteiger partial charge on any atom is -0.418 e. The quantitative estimate of drug-likeness (QED) is 0.0877. The average molecular weight is 756 g/mol. The third-order valence-corrected chi connectivity index (χ3v) is 10.7. The van der Waals surface area contributed by atoms with E-state index in [0.717, 1.165) is 12.3 Å². The molecule has 0 saturated heterocycles. The number of aromatic nitrogens is 1. The van der Waals surface area contributed by atoms with Crippen LogP contribution < -0.4 is 21.2 Å². The van der Waals surface area contributed by atoms with Crippen molar-refractivity contribution in [3.05, 3.63) is 151 Å². The van der Waals surface area contributed by atoms with E-state index in [1.165, 1.54) is 32.6 Å². The number of rotatable bonds is 8. The van der Waals surface area contributed by atoms with Gasteiger partial charge in [0.1, 0.15) is 0 Å². The van der Waals surface area contributed by atoms with Crippen molar-refractivity contribution in [3.8, 4) is 0 Å². The summed E-state index contributed by atoms with van der Waals surface area (Å²) in [5.74, 6) is 0. The second-order valence-electron chi connectivity index (χ2n) is 9.12. The van der Waals surface area contributed by atoms with E-state index in [2.05, 4.69) is 140 Å². The number of halogens is 8. The minimum atomic E-state index is -6.00. The van der Waals surface area contributed by atoms with Crippen LogP contribution in [0, 0.1) is 0 Å². The van der Waals surface area contributed by atoms with Crippen LogP contribution in [0.3, 0.4) is 0 Å². The van der Waals surface area contributed by atoms with Crippen molar-refractivity contribution in [1.82, 2.24) is 4.98 Å². The number of hydrogen-bond acceptors (Lipinski definition) is 1. The van der Waals surface area contributed by atoms with Crippen LogP contribution in [-0.4, -0.2) is 19.5 Å². The van der Waals surface area contributed by atoms with E-state index < -0.39 is 30.4 Å². The Balaban J connectivity index is 0.000000560. The number of nitrogens with zero attached hydrogens (tertiary/aromatic N) is 1. The van der Waals surface area contributed by atoms with Crippen molar-refractivity contribution >= 4 is 51.6 Å². The van der Waals surface area contributed by atoms with Gasteiger partial charge < -0.3 is 34.5 Å². The fraction of sp³-hybridized carbons (Fsp3) is 0.0645. The predicted octanol–water partition coefficient (Wildman–Crippen LogP) is 8.94. The smallest absolute Gasteiger partial charge is 0.418 e. The zero-order chi connectivity index (χ0) is 32.0. The largest absolute Gasteiger partial charge is 2.00 e. The topological polar surface area (TPSA) is 12.9 Å². The molecule has 4 aromatic carbocycles. The van der Waals surface area contributed by atoms with Crippen LogP contribution in [0.15, 0.2) is 140 Å². The van der Waals surface area contributed by atoms with E-state index >= 15 is 0 Å². The second-order valence-corrected chi connectivity index (χ2v) is 13.5.